The van der Waals surface area contributed by atoms with Crippen LogP contribution in [0.4, 0.5) is 0 Å². The van der Waals surface area contributed by atoms with E-state index >= 15 is 0 Å². The maximum absolute atomic E-state index is 9.36. The average Bonchev–Trinajstić information content (AvgIpc) is 2.87. The molecule has 0 atom stereocenters. The van der Waals surface area contributed by atoms with Gasteiger partial charge >= 0.3 is 0 Å². The van der Waals surface area contributed by atoms with E-state index in [1.54, 1.807) is 0 Å². The van der Waals surface area contributed by atoms with Gasteiger partial charge in [-0.2, -0.15) is 0 Å². The topological polar surface area (TPSA) is 45.4 Å². The third-order valence-corrected chi connectivity index (χ3v) is 4.12. The molecule has 0 aliphatic heterocycles. The molecule has 0 saturated heterocycles. The molecule has 2 aromatic carbocycles. The van der Waals surface area contributed by atoms with Crippen LogP contribution in [-0.4, -0.2) is 28.0 Å². The van der Waals surface area contributed by atoms with Gasteiger partial charge in [-0.15, -0.1) is 0 Å². The van der Waals surface area contributed by atoms with Crippen molar-refractivity contribution < 1.29 is 10.2 Å². The smallest absolute Gasteiger partial charge is 0.0645 e. The monoisotopic (exact) mass is 295 g/mol. The molecule has 3 heteroatoms. The van der Waals surface area contributed by atoms with Gasteiger partial charge in [0.1, 0.15) is 0 Å². The van der Waals surface area contributed by atoms with Crippen LogP contribution < -0.4 is 0 Å². The first-order chi connectivity index (χ1) is 10.8. The van der Waals surface area contributed by atoms with Crippen LogP contribution in [0.2, 0.25) is 0 Å². The minimum Gasteiger partial charge on any atom is -0.396 e. The summed E-state index contributed by atoms with van der Waals surface area (Å²) < 4.78 is 2.32. The maximum Gasteiger partial charge on any atom is 0.0645 e. The van der Waals surface area contributed by atoms with Gasteiger partial charge in [0.15, 0.2) is 0 Å². The lowest BCUT2D eigenvalue weighted by molar-refractivity contribution is 0.279. The van der Waals surface area contributed by atoms with Gasteiger partial charge in [0.25, 0.3) is 0 Å². The summed E-state index contributed by atoms with van der Waals surface area (Å²) in [4.78, 5) is 0. The lowest BCUT2D eigenvalue weighted by atomic mass is 10.1. The largest absolute Gasteiger partial charge is 0.396 e. The number of hydrogen-bond donors (Lipinski definition) is 2. The van der Waals surface area contributed by atoms with Gasteiger partial charge < -0.3 is 14.8 Å². The number of para-hydroxylation sites is 1. The highest BCUT2D eigenvalue weighted by Gasteiger charge is 2.09. The predicted octanol–water partition coefficient (Wildman–Crippen LogP) is 3.57. The number of aryl methyl sites for hydroxylation is 1. The van der Waals surface area contributed by atoms with Crippen molar-refractivity contribution in [2.45, 2.75) is 19.9 Å². The summed E-state index contributed by atoms with van der Waals surface area (Å²) in [6.07, 6.45) is 2.47. The Morgan fingerprint density at radius 1 is 1.05 bits per heavy atom. The number of rotatable bonds is 5. The van der Waals surface area contributed by atoms with Crippen molar-refractivity contribution in [3.8, 4) is 0 Å². The Morgan fingerprint density at radius 2 is 1.82 bits per heavy atom. The molecule has 0 aliphatic carbocycles. The third-order valence-electron chi connectivity index (χ3n) is 4.12. The van der Waals surface area contributed by atoms with E-state index in [4.69, 9.17) is 5.11 Å². The van der Waals surface area contributed by atoms with Gasteiger partial charge in [-0.1, -0.05) is 30.3 Å². The second-order valence-corrected chi connectivity index (χ2v) is 5.47. The molecular weight excluding hydrogens is 274 g/mol. The molecule has 114 valence electrons. The van der Waals surface area contributed by atoms with Crippen LogP contribution in [0.1, 0.15) is 18.9 Å². The van der Waals surface area contributed by atoms with Crippen LogP contribution in [0.15, 0.2) is 48.0 Å². The van der Waals surface area contributed by atoms with Crippen molar-refractivity contribution >= 4 is 27.9 Å². The molecule has 0 saturated carbocycles. The molecule has 3 rings (SSSR count). The number of aliphatic hydroxyl groups excluding tert-OH is 2. The lowest BCUT2D eigenvalue weighted by Crippen LogP contribution is -1.94. The highest BCUT2D eigenvalue weighted by atomic mass is 16.3. The third kappa shape index (κ3) is 2.54. The summed E-state index contributed by atoms with van der Waals surface area (Å²) in [6.45, 7) is 3.13. The van der Waals surface area contributed by atoms with E-state index in [9.17, 15) is 5.11 Å². The van der Waals surface area contributed by atoms with Gasteiger partial charge in [0, 0.05) is 35.0 Å². The highest BCUT2D eigenvalue weighted by Crippen LogP contribution is 2.30. The molecule has 0 fully saturated rings. The molecule has 0 radical (unpaired) electrons. The van der Waals surface area contributed by atoms with Crippen molar-refractivity contribution in [2.24, 2.45) is 0 Å². The van der Waals surface area contributed by atoms with E-state index in [2.05, 4.69) is 54.0 Å². The fourth-order valence-electron chi connectivity index (χ4n) is 3.08. The molecule has 0 aliphatic rings. The van der Waals surface area contributed by atoms with Gasteiger partial charge in [-0.3, -0.25) is 0 Å². The zero-order chi connectivity index (χ0) is 15.5. The zero-order valence-electron chi connectivity index (χ0n) is 12.8. The number of nitrogens with zero attached hydrogens (tertiary/aromatic N) is 1. The SMILES string of the molecule is CCn1c2ccccc2c2cc(/C=C(/CO)CCO)ccc21. The normalized spacial score (nSPS) is 12.4. The second-order valence-electron chi connectivity index (χ2n) is 5.47. The first-order valence-corrected chi connectivity index (χ1v) is 7.70. The first kappa shape index (κ1) is 14.8. The zero-order valence-corrected chi connectivity index (χ0v) is 12.8. The van der Waals surface area contributed by atoms with Crippen LogP contribution in [0.5, 0.6) is 0 Å². The fourth-order valence-corrected chi connectivity index (χ4v) is 3.08. The molecule has 3 aromatic rings. The number of fused-ring (bicyclic) bond motifs is 3. The van der Waals surface area contributed by atoms with Crippen LogP contribution in [0.25, 0.3) is 27.9 Å². The number of aromatic nitrogens is 1. The van der Waals surface area contributed by atoms with Crippen LogP contribution in [-0.2, 0) is 6.54 Å². The summed E-state index contributed by atoms with van der Waals surface area (Å²) in [6, 6.07) is 14.8. The Balaban J connectivity index is 2.19. The van der Waals surface area contributed by atoms with E-state index in [-0.39, 0.29) is 13.2 Å². The lowest BCUT2D eigenvalue weighted by Gasteiger charge is -2.04. The molecule has 1 aromatic heterocycles. The summed E-state index contributed by atoms with van der Waals surface area (Å²) in [5.41, 5.74) is 4.39. The maximum atomic E-state index is 9.36. The molecule has 3 nitrogen and oxygen atoms in total. The van der Waals surface area contributed by atoms with Crippen molar-refractivity contribution in [3.05, 3.63) is 53.6 Å². The van der Waals surface area contributed by atoms with Gasteiger partial charge in [0.2, 0.25) is 0 Å². The molecule has 22 heavy (non-hydrogen) atoms. The van der Waals surface area contributed by atoms with E-state index in [1.807, 2.05) is 6.08 Å². The van der Waals surface area contributed by atoms with Crippen LogP contribution in [0.3, 0.4) is 0 Å². The van der Waals surface area contributed by atoms with Crippen molar-refractivity contribution in [1.29, 1.82) is 0 Å². The van der Waals surface area contributed by atoms with Crippen molar-refractivity contribution in [1.82, 2.24) is 4.57 Å². The van der Waals surface area contributed by atoms with E-state index in [0.29, 0.717) is 6.42 Å². The molecule has 2 N–H and O–H groups in total. The average molecular weight is 295 g/mol. The Morgan fingerprint density at radius 3 is 2.55 bits per heavy atom. The second kappa shape index (κ2) is 6.34. The summed E-state index contributed by atoms with van der Waals surface area (Å²) in [5, 5.41) is 20.9. The fraction of sp³-hybridized carbons (Fsp3) is 0.263. The quantitative estimate of drug-likeness (QED) is 0.756. The molecule has 0 bridgehead atoms. The van der Waals surface area contributed by atoms with Gasteiger partial charge in [-0.05, 0) is 42.7 Å². The Bertz CT molecular complexity index is 830. The van der Waals surface area contributed by atoms with Crippen molar-refractivity contribution in [3.63, 3.8) is 0 Å². The Hall–Kier alpha value is -2.10. The molecule has 0 amide bonds. The minimum absolute atomic E-state index is 0.0185. The Labute approximate surface area is 130 Å². The minimum atomic E-state index is -0.0185. The van der Waals surface area contributed by atoms with Crippen molar-refractivity contribution in [2.75, 3.05) is 13.2 Å². The standard InChI is InChI=1S/C19H21NO2/c1-2-20-18-6-4-3-5-16(18)17-12-14(7-8-19(17)20)11-15(13-22)9-10-21/h3-8,11-12,21-22H,2,9-10,13H2,1H3/b15-11+. The predicted molar refractivity (Wildman–Crippen MR) is 91.9 cm³/mol. The van der Waals surface area contributed by atoms with Crippen LogP contribution >= 0.6 is 0 Å². The van der Waals surface area contributed by atoms with E-state index in [1.165, 1.54) is 21.8 Å². The number of hydrogen-bond acceptors (Lipinski definition) is 2. The summed E-state index contributed by atoms with van der Waals surface area (Å²) in [7, 11) is 0. The molecule has 0 unspecified atom stereocenters. The number of benzene rings is 2. The highest BCUT2D eigenvalue weighted by molar-refractivity contribution is 6.08. The van der Waals surface area contributed by atoms with Crippen LogP contribution in [0, 0.1) is 0 Å². The van der Waals surface area contributed by atoms with E-state index < -0.39 is 0 Å². The molecule has 1 heterocycles. The summed E-state index contributed by atoms with van der Waals surface area (Å²) >= 11 is 0. The summed E-state index contributed by atoms with van der Waals surface area (Å²) in [5.74, 6) is 0. The molecular formula is C19H21NO2. The first-order valence-electron chi connectivity index (χ1n) is 7.70. The number of aliphatic hydroxyl groups is 2. The van der Waals surface area contributed by atoms with Gasteiger partial charge in [0.05, 0.1) is 6.61 Å². The Kier molecular flexibility index (Phi) is 4.27. The van der Waals surface area contributed by atoms with E-state index in [0.717, 1.165) is 17.7 Å². The van der Waals surface area contributed by atoms with Gasteiger partial charge in [-0.25, -0.2) is 0 Å². The molecule has 0 spiro atoms.